The van der Waals surface area contributed by atoms with Crippen LogP contribution in [-0.2, 0) is 11.8 Å². The van der Waals surface area contributed by atoms with Crippen LogP contribution in [0.4, 0.5) is 5.82 Å². The molecule has 0 radical (unpaired) electrons. The molecule has 4 aromatic rings. The van der Waals surface area contributed by atoms with Crippen molar-refractivity contribution in [2.24, 2.45) is 5.92 Å². The second-order valence-electron chi connectivity index (χ2n) is 10.1. The van der Waals surface area contributed by atoms with Gasteiger partial charge in [-0.1, -0.05) is 37.2 Å². The maximum Gasteiger partial charge on any atom is 0.256 e. The van der Waals surface area contributed by atoms with Gasteiger partial charge in [0.2, 0.25) is 0 Å². The quantitative estimate of drug-likeness (QED) is 0.432. The van der Waals surface area contributed by atoms with Crippen molar-refractivity contribution < 1.29 is 9.32 Å². The van der Waals surface area contributed by atoms with E-state index in [-0.39, 0.29) is 11.3 Å². The Labute approximate surface area is 198 Å². The molecular weight excluding hydrogens is 428 g/mol. The minimum atomic E-state index is -0.271. The lowest BCUT2D eigenvalue weighted by Crippen LogP contribution is -2.13. The largest absolute Gasteiger partial charge is 0.359 e. The lowest BCUT2D eigenvalue weighted by Gasteiger charge is -2.12. The first-order valence-corrected chi connectivity index (χ1v) is 11.5. The van der Waals surface area contributed by atoms with Crippen molar-refractivity contribution in [2.45, 2.75) is 52.4 Å². The van der Waals surface area contributed by atoms with Crippen LogP contribution in [0.2, 0.25) is 0 Å². The number of amides is 1. The zero-order valence-electron chi connectivity index (χ0n) is 19.9. The first kappa shape index (κ1) is 22.0. The van der Waals surface area contributed by atoms with E-state index in [0.717, 1.165) is 34.8 Å². The molecule has 8 heteroatoms. The Kier molecular flexibility index (Phi) is 5.51. The van der Waals surface area contributed by atoms with Gasteiger partial charge in [-0.3, -0.25) is 9.78 Å². The highest BCUT2D eigenvalue weighted by atomic mass is 16.5. The molecule has 0 saturated heterocycles. The van der Waals surface area contributed by atoms with E-state index in [4.69, 9.17) is 4.52 Å². The van der Waals surface area contributed by atoms with Crippen LogP contribution in [0.15, 0.2) is 53.4 Å². The van der Waals surface area contributed by atoms with Crippen molar-refractivity contribution in [1.29, 1.82) is 0 Å². The van der Waals surface area contributed by atoms with Crippen molar-refractivity contribution in [3.8, 4) is 16.9 Å². The first-order valence-electron chi connectivity index (χ1n) is 11.5. The van der Waals surface area contributed by atoms with Gasteiger partial charge in [0.05, 0.1) is 11.9 Å². The monoisotopic (exact) mass is 456 g/mol. The minimum Gasteiger partial charge on any atom is -0.359 e. The molecule has 0 unspecified atom stereocenters. The van der Waals surface area contributed by atoms with Crippen LogP contribution in [0, 0.1) is 12.8 Å². The molecule has 5 rings (SSSR count). The van der Waals surface area contributed by atoms with Gasteiger partial charge in [0, 0.05) is 35.0 Å². The number of carbonyl (C=O) groups is 1. The molecule has 1 aliphatic rings. The Bertz CT molecular complexity index is 1340. The zero-order chi connectivity index (χ0) is 23.9. The summed E-state index contributed by atoms with van der Waals surface area (Å²) in [4.78, 5) is 17.3. The number of pyridine rings is 1. The summed E-state index contributed by atoms with van der Waals surface area (Å²) in [5, 5.41) is 15.5. The number of anilines is 1. The Morgan fingerprint density at radius 2 is 2.00 bits per heavy atom. The van der Waals surface area contributed by atoms with Crippen molar-refractivity contribution in [3.63, 3.8) is 0 Å². The maximum atomic E-state index is 12.9. The predicted molar refractivity (Wildman–Crippen MR) is 129 cm³/mol. The van der Waals surface area contributed by atoms with Gasteiger partial charge in [-0.15, -0.1) is 5.10 Å². The highest BCUT2D eigenvalue weighted by Gasteiger charge is 2.22. The molecule has 8 nitrogen and oxygen atoms in total. The smallest absolute Gasteiger partial charge is 0.256 e. The normalized spacial score (nSPS) is 13.8. The maximum absolute atomic E-state index is 12.9. The number of rotatable bonds is 6. The van der Waals surface area contributed by atoms with E-state index in [9.17, 15) is 4.79 Å². The van der Waals surface area contributed by atoms with Gasteiger partial charge in [-0.25, -0.2) is 4.68 Å². The molecule has 3 heterocycles. The van der Waals surface area contributed by atoms with E-state index < -0.39 is 0 Å². The Hall–Kier alpha value is -3.81. The van der Waals surface area contributed by atoms with Crippen LogP contribution in [-0.4, -0.2) is 31.0 Å². The van der Waals surface area contributed by atoms with Crippen LogP contribution in [0.5, 0.6) is 0 Å². The standard InChI is InChI=1S/C26H28N6O2/c1-16-5-8-19(25(33)28-24-12-23(34-30-24)26(2,3)4)11-22(16)32-15-21(29-31-32)20-10-18(13-27-14-20)9-17-6-7-17/h5,8,10-15,17H,6-7,9H2,1-4H3,(H,28,30,33). The van der Waals surface area contributed by atoms with Crippen molar-refractivity contribution >= 4 is 11.7 Å². The fourth-order valence-electron chi connectivity index (χ4n) is 3.78. The van der Waals surface area contributed by atoms with Crippen LogP contribution in [0.3, 0.4) is 0 Å². The molecule has 1 N–H and O–H groups in total. The summed E-state index contributed by atoms with van der Waals surface area (Å²) < 4.78 is 7.06. The molecule has 174 valence electrons. The van der Waals surface area contributed by atoms with Crippen molar-refractivity contribution in [2.75, 3.05) is 5.32 Å². The average Bonchev–Trinajstić information content (AvgIpc) is 3.27. The van der Waals surface area contributed by atoms with E-state index >= 15 is 0 Å². The summed E-state index contributed by atoms with van der Waals surface area (Å²) in [5.74, 6) is 1.62. The SMILES string of the molecule is Cc1ccc(C(=O)Nc2cc(C(C)(C)C)on2)cc1-n1cc(-c2cncc(CC3CC3)c2)nn1. The summed E-state index contributed by atoms with van der Waals surface area (Å²) in [7, 11) is 0. The number of benzene rings is 1. The number of aromatic nitrogens is 5. The molecule has 1 aromatic carbocycles. The molecule has 1 saturated carbocycles. The molecule has 0 atom stereocenters. The second kappa shape index (κ2) is 8.52. The number of nitrogens with one attached hydrogen (secondary N) is 1. The van der Waals surface area contributed by atoms with E-state index in [1.807, 2.05) is 52.4 Å². The second-order valence-corrected chi connectivity index (χ2v) is 10.1. The molecule has 0 spiro atoms. The van der Waals surface area contributed by atoms with E-state index in [1.165, 1.54) is 18.4 Å². The third kappa shape index (κ3) is 4.76. The summed E-state index contributed by atoms with van der Waals surface area (Å²) in [5.41, 5.74) is 4.98. The average molecular weight is 457 g/mol. The van der Waals surface area contributed by atoms with Crippen LogP contribution in [0.1, 0.15) is 60.9 Å². The van der Waals surface area contributed by atoms with E-state index in [2.05, 4.69) is 31.8 Å². The van der Waals surface area contributed by atoms with E-state index in [1.54, 1.807) is 22.9 Å². The molecule has 0 aliphatic heterocycles. The van der Waals surface area contributed by atoms with Gasteiger partial charge >= 0.3 is 0 Å². The van der Waals surface area contributed by atoms with Crippen molar-refractivity contribution in [1.82, 2.24) is 25.1 Å². The van der Waals surface area contributed by atoms with Gasteiger partial charge in [0.25, 0.3) is 5.91 Å². The molecule has 1 aliphatic carbocycles. The number of hydrogen-bond donors (Lipinski definition) is 1. The van der Waals surface area contributed by atoms with Gasteiger partial charge in [-0.05, 0) is 61.4 Å². The number of hydrogen-bond acceptors (Lipinski definition) is 6. The summed E-state index contributed by atoms with van der Waals surface area (Å²) in [6, 6.07) is 9.37. The van der Waals surface area contributed by atoms with Gasteiger partial charge in [-0.2, -0.15) is 0 Å². The highest BCUT2D eigenvalue weighted by molar-refractivity contribution is 6.04. The van der Waals surface area contributed by atoms with E-state index in [0.29, 0.717) is 17.1 Å². The van der Waals surface area contributed by atoms with Crippen LogP contribution < -0.4 is 5.32 Å². The number of aryl methyl sites for hydroxylation is 1. The highest BCUT2D eigenvalue weighted by Crippen LogP contribution is 2.33. The van der Waals surface area contributed by atoms with Gasteiger partial charge in [0.1, 0.15) is 11.5 Å². The molecule has 1 amide bonds. The van der Waals surface area contributed by atoms with Crippen molar-refractivity contribution in [3.05, 3.63) is 71.4 Å². The summed E-state index contributed by atoms with van der Waals surface area (Å²) in [6.07, 6.45) is 9.28. The summed E-state index contributed by atoms with van der Waals surface area (Å²) in [6.45, 7) is 8.05. The Balaban J connectivity index is 1.36. The molecular formula is C26H28N6O2. The minimum absolute atomic E-state index is 0.190. The van der Waals surface area contributed by atoms with Crippen LogP contribution in [0.25, 0.3) is 16.9 Å². The fourth-order valence-corrected chi connectivity index (χ4v) is 3.78. The topological polar surface area (TPSA) is 98.7 Å². The molecule has 3 aromatic heterocycles. The Morgan fingerprint density at radius 1 is 1.18 bits per heavy atom. The lowest BCUT2D eigenvalue weighted by atomic mass is 9.93. The third-order valence-corrected chi connectivity index (χ3v) is 6.01. The number of carbonyl (C=O) groups excluding carboxylic acids is 1. The lowest BCUT2D eigenvalue weighted by molar-refractivity contribution is 0.102. The van der Waals surface area contributed by atoms with Gasteiger partial charge in [0.15, 0.2) is 5.82 Å². The predicted octanol–water partition coefficient (Wildman–Crippen LogP) is 5.13. The molecule has 0 bridgehead atoms. The number of nitrogens with zero attached hydrogens (tertiary/aromatic N) is 5. The third-order valence-electron chi connectivity index (χ3n) is 6.01. The Morgan fingerprint density at radius 3 is 2.74 bits per heavy atom. The molecule has 1 fully saturated rings. The fraction of sp³-hybridized carbons (Fsp3) is 0.346. The molecule has 34 heavy (non-hydrogen) atoms. The van der Waals surface area contributed by atoms with Gasteiger partial charge < -0.3 is 9.84 Å². The van der Waals surface area contributed by atoms with Crippen LogP contribution >= 0.6 is 0 Å². The summed E-state index contributed by atoms with van der Waals surface area (Å²) >= 11 is 0. The zero-order valence-corrected chi connectivity index (χ0v) is 19.9. The first-order chi connectivity index (χ1) is 16.3.